The molecular formula is C14H12N4O3. The highest BCUT2D eigenvalue weighted by Crippen LogP contribution is 2.07. The van der Waals surface area contributed by atoms with E-state index in [0.29, 0.717) is 22.3 Å². The van der Waals surface area contributed by atoms with Crippen molar-refractivity contribution in [2.24, 2.45) is 7.05 Å². The quantitative estimate of drug-likeness (QED) is 0.725. The van der Waals surface area contributed by atoms with E-state index in [2.05, 4.69) is 15.1 Å². The maximum atomic E-state index is 11.9. The summed E-state index contributed by atoms with van der Waals surface area (Å²) in [7, 11) is 1.71. The minimum Gasteiger partial charge on any atom is -0.454 e. The van der Waals surface area contributed by atoms with Crippen LogP contribution < -0.4 is 5.56 Å². The minimum absolute atomic E-state index is 0.103. The molecule has 0 spiro atoms. The molecule has 0 fully saturated rings. The van der Waals surface area contributed by atoms with E-state index in [0.717, 1.165) is 0 Å². The molecule has 1 aromatic carbocycles. The molecule has 0 atom stereocenters. The average Bonchev–Trinajstić information content (AvgIpc) is 2.91. The number of aromatic nitrogens is 4. The number of nitrogens with zero attached hydrogens (tertiary/aromatic N) is 3. The lowest BCUT2D eigenvalue weighted by Crippen LogP contribution is -2.14. The summed E-state index contributed by atoms with van der Waals surface area (Å²) < 4.78 is 6.61. The van der Waals surface area contributed by atoms with E-state index in [9.17, 15) is 9.59 Å². The topological polar surface area (TPSA) is 89.9 Å². The molecule has 3 aromatic rings. The summed E-state index contributed by atoms with van der Waals surface area (Å²) in [6.07, 6.45) is 2.97. The van der Waals surface area contributed by atoms with E-state index in [4.69, 9.17) is 4.74 Å². The van der Waals surface area contributed by atoms with Crippen LogP contribution in [-0.4, -0.2) is 25.7 Å². The first-order chi connectivity index (χ1) is 10.1. The molecule has 2 aromatic heterocycles. The van der Waals surface area contributed by atoms with Gasteiger partial charge in [-0.05, 0) is 12.1 Å². The van der Waals surface area contributed by atoms with Gasteiger partial charge in [0.15, 0.2) is 0 Å². The number of hydrogen-bond acceptors (Lipinski definition) is 5. The third-order valence-electron chi connectivity index (χ3n) is 2.94. The van der Waals surface area contributed by atoms with Gasteiger partial charge in [0, 0.05) is 13.2 Å². The van der Waals surface area contributed by atoms with Crippen molar-refractivity contribution in [3.8, 4) is 0 Å². The van der Waals surface area contributed by atoms with Gasteiger partial charge in [-0.3, -0.25) is 9.48 Å². The monoisotopic (exact) mass is 284 g/mol. The first kappa shape index (κ1) is 13.0. The molecule has 1 N–H and O–H groups in total. The SMILES string of the molecule is Cn1cc(C(=O)OCc2nc3ccccc3c(=O)[nH]2)cn1. The van der Waals surface area contributed by atoms with Crippen LogP contribution in [0.3, 0.4) is 0 Å². The number of esters is 1. The van der Waals surface area contributed by atoms with Crippen LogP contribution >= 0.6 is 0 Å². The molecule has 0 aliphatic carbocycles. The number of H-pyrrole nitrogens is 1. The normalized spacial score (nSPS) is 10.7. The predicted molar refractivity (Wildman–Crippen MR) is 74.7 cm³/mol. The van der Waals surface area contributed by atoms with Crippen LogP contribution in [0.4, 0.5) is 0 Å². The van der Waals surface area contributed by atoms with Crippen molar-refractivity contribution >= 4 is 16.9 Å². The van der Waals surface area contributed by atoms with Gasteiger partial charge in [0.05, 0.1) is 22.7 Å². The van der Waals surface area contributed by atoms with Gasteiger partial charge in [-0.1, -0.05) is 12.1 Å². The number of hydrogen-bond donors (Lipinski definition) is 1. The standard InChI is InChI=1S/C14H12N4O3/c1-18-7-9(6-15-18)14(20)21-8-12-16-11-5-3-2-4-10(11)13(19)17-12/h2-7H,8H2,1H3,(H,16,17,19). The molecule has 0 amide bonds. The molecule has 0 aliphatic rings. The smallest absolute Gasteiger partial charge is 0.341 e. The Bertz CT molecular complexity index is 866. The summed E-state index contributed by atoms with van der Waals surface area (Å²) >= 11 is 0. The Morgan fingerprint density at radius 1 is 1.38 bits per heavy atom. The number of fused-ring (bicyclic) bond motifs is 1. The summed E-state index contributed by atoms with van der Waals surface area (Å²) in [6.45, 7) is -0.103. The number of carbonyl (C=O) groups is 1. The number of ether oxygens (including phenoxy) is 1. The van der Waals surface area contributed by atoms with Crippen molar-refractivity contribution < 1.29 is 9.53 Å². The van der Waals surface area contributed by atoms with E-state index in [1.165, 1.54) is 10.9 Å². The van der Waals surface area contributed by atoms with Crippen LogP contribution in [0.15, 0.2) is 41.5 Å². The number of benzene rings is 1. The lowest BCUT2D eigenvalue weighted by atomic mass is 10.2. The molecule has 0 unspecified atom stereocenters. The van der Waals surface area contributed by atoms with Crippen molar-refractivity contribution in [1.29, 1.82) is 0 Å². The van der Waals surface area contributed by atoms with Crippen LogP contribution in [-0.2, 0) is 18.4 Å². The largest absolute Gasteiger partial charge is 0.454 e. The highest BCUT2D eigenvalue weighted by molar-refractivity contribution is 5.88. The molecule has 7 heteroatoms. The number of rotatable bonds is 3. The molecule has 3 rings (SSSR count). The molecule has 21 heavy (non-hydrogen) atoms. The van der Waals surface area contributed by atoms with Gasteiger partial charge in [0.2, 0.25) is 0 Å². The zero-order valence-corrected chi connectivity index (χ0v) is 11.2. The van der Waals surface area contributed by atoms with Crippen LogP contribution in [0.25, 0.3) is 10.9 Å². The third kappa shape index (κ3) is 2.66. The van der Waals surface area contributed by atoms with Crippen LogP contribution in [0.2, 0.25) is 0 Å². The Morgan fingerprint density at radius 3 is 2.95 bits per heavy atom. The number of aromatic amines is 1. The second-order valence-electron chi connectivity index (χ2n) is 4.51. The van der Waals surface area contributed by atoms with Gasteiger partial charge in [0.25, 0.3) is 5.56 Å². The molecule has 0 aliphatic heterocycles. The van der Waals surface area contributed by atoms with Crippen molar-refractivity contribution in [3.05, 3.63) is 58.4 Å². The van der Waals surface area contributed by atoms with Gasteiger partial charge in [-0.15, -0.1) is 0 Å². The van der Waals surface area contributed by atoms with Crippen LogP contribution in [0.5, 0.6) is 0 Å². The molecule has 7 nitrogen and oxygen atoms in total. The third-order valence-corrected chi connectivity index (χ3v) is 2.94. The summed E-state index contributed by atoms with van der Waals surface area (Å²) in [6, 6.07) is 6.98. The molecule has 2 heterocycles. The molecule has 106 valence electrons. The first-order valence-electron chi connectivity index (χ1n) is 6.27. The van der Waals surface area contributed by atoms with E-state index in [1.54, 1.807) is 37.5 Å². The second-order valence-corrected chi connectivity index (χ2v) is 4.51. The summed E-state index contributed by atoms with van der Waals surface area (Å²) in [4.78, 5) is 30.5. The molecule has 0 saturated heterocycles. The maximum Gasteiger partial charge on any atom is 0.341 e. The summed E-state index contributed by atoms with van der Waals surface area (Å²) in [5.41, 5.74) is 0.655. The van der Waals surface area contributed by atoms with Crippen molar-refractivity contribution in [2.75, 3.05) is 0 Å². The zero-order chi connectivity index (χ0) is 14.8. The van der Waals surface area contributed by atoms with E-state index < -0.39 is 5.97 Å². The number of para-hydroxylation sites is 1. The fraction of sp³-hybridized carbons (Fsp3) is 0.143. The minimum atomic E-state index is -0.515. The highest BCUT2D eigenvalue weighted by Gasteiger charge is 2.11. The summed E-state index contributed by atoms with van der Waals surface area (Å²) in [5, 5.41) is 4.39. The Balaban J connectivity index is 1.79. The molecule has 0 radical (unpaired) electrons. The lowest BCUT2D eigenvalue weighted by Gasteiger charge is -2.04. The number of aryl methyl sites for hydroxylation is 1. The predicted octanol–water partition coefficient (Wildman–Crippen LogP) is 1.01. The molecule has 0 bridgehead atoms. The first-order valence-corrected chi connectivity index (χ1v) is 6.27. The highest BCUT2D eigenvalue weighted by atomic mass is 16.5. The van der Waals surface area contributed by atoms with Gasteiger partial charge >= 0.3 is 5.97 Å². The van der Waals surface area contributed by atoms with Crippen LogP contribution in [0, 0.1) is 0 Å². The molecule has 0 saturated carbocycles. The van der Waals surface area contributed by atoms with Gasteiger partial charge in [0.1, 0.15) is 12.4 Å². The van der Waals surface area contributed by atoms with Crippen molar-refractivity contribution in [3.63, 3.8) is 0 Å². The van der Waals surface area contributed by atoms with E-state index in [1.807, 2.05) is 0 Å². The Morgan fingerprint density at radius 2 is 2.19 bits per heavy atom. The van der Waals surface area contributed by atoms with E-state index in [-0.39, 0.29) is 12.2 Å². The average molecular weight is 284 g/mol. The van der Waals surface area contributed by atoms with Crippen molar-refractivity contribution in [2.45, 2.75) is 6.61 Å². The van der Waals surface area contributed by atoms with Crippen molar-refractivity contribution in [1.82, 2.24) is 19.7 Å². The Kier molecular flexibility index (Phi) is 3.23. The summed E-state index contributed by atoms with van der Waals surface area (Å²) in [5.74, 6) is -0.213. The van der Waals surface area contributed by atoms with Gasteiger partial charge in [-0.25, -0.2) is 9.78 Å². The number of carbonyl (C=O) groups excluding carboxylic acids is 1. The Labute approximate surface area is 119 Å². The Hall–Kier alpha value is -2.96. The van der Waals surface area contributed by atoms with Crippen LogP contribution in [0.1, 0.15) is 16.2 Å². The lowest BCUT2D eigenvalue weighted by molar-refractivity contribution is 0.0462. The molecular weight excluding hydrogens is 272 g/mol. The number of nitrogens with one attached hydrogen (secondary N) is 1. The van der Waals surface area contributed by atoms with E-state index >= 15 is 0 Å². The fourth-order valence-corrected chi connectivity index (χ4v) is 1.95. The zero-order valence-electron chi connectivity index (χ0n) is 11.2. The fourth-order valence-electron chi connectivity index (χ4n) is 1.95. The maximum absolute atomic E-state index is 11.9. The van der Waals surface area contributed by atoms with Gasteiger partial charge in [-0.2, -0.15) is 5.10 Å². The second kappa shape index (κ2) is 5.20. The van der Waals surface area contributed by atoms with Gasteiger partial charge < -0.3 is 9.72 Å².